The summed E-state index contributed by atoms with van der Waals surface area (Å²) in [6, 6.07) is 4.53. The minimum Gasteiger partial charge on any atom is -0.460 e. The summed E-state index contributed by atoms with van der Waals surface area (Å²) >= 11 is 5.62. The molecule has 0 atom stereocenters. The standard InChI is InChI=1S/C18H18BClN4O3/c1-4-11(2)8-21-12(3)22-16(25)9-24-18(26)14-6-5-13(19)7-15(14)17(23-24)27-10-20/h4-8H,3,9-10H2,1-2H3,(H,22,25)/b11-4-,21-8?. The van der Waals surface area contributed by atoms with E-state index in [9.17, 15) is 9.59 Å². The second kappa shape index (κ2) is 9.18. The lowest BCUT2D eigenvalue weighted by Crippen LogP contribution is -2.33. The van der Waals surface area contributed by atoms with Gasteiger partial charge in [0.05, 0.1) is 10.8 Å². The van der Waals surface area contributed by atoms with Gasteiger partial charge in [-0.15, -0.1) is 5.10 Å². The first-order valence-electron chi connectivity index (χ1n) is 8.00. The number of hydrogen-bond acceptors (Lipinski definition) is 5. The highest BCUT2D eigenvalue weighted by atomic mass is 35.5. The van der Waals surface area contributed by atoms with Gasteiger partial charge in [-0.2, -0.15) is 0 Å². The highest BCUT2D eigenvalue weighted by molar-refractivity contribution is 6.33. The van der Waals surface area contributed by atoms with Crippen LogP contribution >= 0.6 is 11.6 Å². The van der Waals surface area contributed by atoms with E-state index in [1.807, 2.05) is 19.9 Å². The van der Waals surface area contributed by atoms with E-state index in [1.165, 1.54) is 0 Å². The van der Waals surface area contributed by atoms with Crippen molar-refractivity contribution in [2.75, 3.05) is 6.07 Å². The average Bonchev–Trinajstić information content (AvgIpc) is 2.63. The first-order valence-corrected chi connectivity index (χ1v) is 8.54. The van der Waals surface area contributed by atoms with Gasteiger partial charge < -0.3 is 10.1 Å². The van der Waals surface area contributed by atoms with Gasteiger partial charge in [0, 0.05) is 6.21 Å². The van der Waals surface area contributed by atoms with E-state index in [0.29, 0.717) is 16.2 Å². The number of fused-ring (bicyclic) bond motifs is 1. The minimum absolute atomic E-state index is 0.111. The molecule has 7 nitrogen and oxygen atoms in total. The maximum atomic E-state index is 12.6. The van der Waals surface area contributed by atoms with Crippen LogP contribution in [0.15, 0.2) is 52.0 Å². The number of rotatable bonds is 7. The van der Waals surface area contributed by atoms with Crippen LogP contribution in [-0.4, -0.2) is 35.8 Å². The van der Waals surface area contributed by atoms with Gasteiger partial charge in [-0.3, -0.25) is 9.59 Å². The largest absolute Gasteiger partial charge is 0.460 e. The van der Waals surface area contributed by atoms with Crippen LogP contribution in [0.3, 0.4) is 0 Å². The molecule has 2 radical (unpaired) electrons. The maximum Gasteiger partial charge on any atom is 0.275 e. The molecule has 0 bridgehead atoms. The predicted octanol–water partition coefficient (Wildman–Crippen LogP) is 1.39. The number of aliphatic imine (C=N–C) groups is 1. The zero-order chi connectivity index (χ0) is 20.0. The van der Waals surface area contributed by atoms with Gasteiger partial charge in [0.15, 0.2) is 6.07 Å². The zero-order valence-electron chi connectivity index (χ0n) is 15.0. The smallest absolute Gasteiger partial charge is 0.275 e. The van der Waals surface area contributed by atoms with Gasteiger partial charge in [0.2, 0.25) is 11.8 Å². The molecule has 0 aliphatic carbocycles. The number of benzene rings is 1. The topological polar surface area (TPSA) is 85.6 Å². The summed E-state index contributed by atoms with van der Waals surface area (Å²) in [5.41, 5.74) is 0.907. The normalized spacial score (nSPS) is 11.7. The summed E-state index contributed by atoms with van der Waals surface area (Å²) in [5.74, 6) is -0.239. The van der Waals surface area contributed by atoms with Gasteiger partial charge in [-0.1, -0.05) is 41.9 Å². The number of halogens is 1. The molecule has 0 aliphatic rings. The number of aromatic nitrogens is 2. The van der Waals surface area contributed by atoms with Crippen molar-refractivity contribution < 1.29 is 9.53 Å². The molecular weight excluding hydrogens is 366 g/mol. The molecule has 138 valence electrons. The molecule has 0 spiro atoms. The first-order chi connectivity index (χ1) is 12.8. The van der Waals surface area contributed by atoms with Crippen molar-refractivity contribution in [2.45, 2.75) is 20.4 Å². The van der Waals surface area contributed by atoms with E-state index in [0.717, 1.165) is 10.3 Å². The van der Waals surface area contributed by atoms with E-state index in [1.54, 1.807) is 24.4 Å². The number of carbonyl (C=O) groups is 1. The second-order valence-electron chi connectivity index (χ2n) is 5.61. The third-order valence-corrected chi connectivity index (χ3v) is 3.71. The molecule has 0 unspecified atom stereocenters. The van der Waals surface area contributed by atoms with Crippen molar-refractivity contribution in [3.63, 3.8) is 0 Å². The second-order valence-corrected chi connectivity index (χ2v) is 5.83. The Balaban J connectivity index is 2.28. The molecule has 0 saturated carbocycles. The Morgan fingerprint density at radius 1 is 1.48 bits per heavy atom. The van der Waals surface area contributed by atoms with Crippen molar-refractivity contribution in [1.82, 2.24) is 15.1 Å². The van der Waals surface area contributed by atoms with E-state index < -0.39 is 11.5 Å². The third kappa shape index (κ3) is 5.31. The average molecular weight is 385 g/mol. The van der Waals surface area contributed by atoms with Crippen LogP contribution in [0.2, 0.25) is 0 Å². The Morgan fingerprint density at radius 2 is 2.22 bits per heavy atom. The lowest BCUT2D eigenvalue weighted by molar-refractivity contribution is -0.121. The van der Waals surface area contributed by atoms with Crippen molar-refractivity contribution >= 4 is 47.8 Å². The van der Waals surface area contributed by atoms with Crippen LogP contribution < -0.4 is 21.1 Å². The zero-order valence-corrected chi connectivity index (χ0v) is 15.8. The fourth-order valence-corrected chi connectivity index (χ4v) is 2.27. The van der Waals surface area contributed by atoms with Crippen LogP contribution in [0.5, 0.6) is 5.88 Å². The number of nitrogens with zero attached hydrogens (tertiary/aromatic N) is 3. The van der Waals surface area contributed by atoms with Gasteiger partial charge >= 0.3 is 0 Å². The molecule has 9 heteroatoms. The summed E-state index contributed by atoms with van der Waals surface area (Å²) in [5, 5.41) is 7.31. The molecule has 0 fully saturated rings. The maximum absolute atomic E-state index is 12.6. The van der Waals surface area contributed by atoms with Crippen molar-refractivity contribution in [3.8, 4) is 5.88 Å². The summed E-state index contributed by atoms with van der Waals surface area (Å²) in [6.07, 6.45) is 3.43. The molecule has 1 aromatic heterocycles. The first kappa shape index (κ1) is 20.4. The SMILES string of the molecule is [B]c1ccc2c(=O)n(CC(=O)NC(=C)N=C/C(C)=C\C)nc(OCCl)c2c1. The van der Waals surface area contributed by atoms with Crippen LogP contribution in [-0.2, 0) is 11.3 Å². The van der Waals surface area contributed by atoms with Crippen molar-refractivity contribution in [3.05, 3.63) is 52.6 Å². The molecule has 1 N–H and O–H groups in total. The highest BCUT2D eigenvalue weighted by Crippen LogP contribution is 2.19. The lowest BCUT2D eigenvalue weighted by Gasteiger charge is -2.11. The molecule has 1 heterocycles. The van der Waals surface area contributed by atoms with E-state index >= 15 is 0 Å². The number of carbonyl (C=O) groups excluding carboxylic acids is 1. The molecule has 1 amide bonds. The highest BCUT2D eigenvalue weighted by Gasteiger charge is 2.14. The molecular formula is C18H18BClN4O3. The number of hydrogen-bond donors (Lipinski definition) is 1. The van der Waals surface area contributed by atoms with Crippen LogP contribution in [0.1, 0.15) is 13.8 Å². The molecule has 0 saturated heterocycles. The number of alkyl halides is 1. The molecule has 2 aromatic rings. The summed E-state index contributed by atoms with van der Waals surface area (Å²) in [6.45, 7) is 7.05. The molecule has 1 aromatic carbocycles. The van der Waals surface area contributed by atoms with E-state index in [2.05, 4.69) is 22.0 Å². The van der Waals surface area contributed by atoms with Gasteiger partial charge in [0.25, 0.3) is 5.56 Å². The Morgan fingerprint density at radius 3 is 2.89 bits per heavy atom. The van der Waals surface area contributed by atoms with Crippen LogP contribution in [0, 0.1) is 0 Å². The fraction of sp³-hybridized carbons (Fsp3) is 0.222. The van der Waals surface area contributed by atoms with Crippen molar-refractivity contribution in [2.24, 2.45) is 4.99 Å². The Bertz CT molecular complexity index is 998. The molecule has 27 heavy (non-hydrogen) atoms. The minimum atomic E-state index is -0.503. The number of allylic oxidation sites excluding steroid dienone is 2. The fourth-order valence-electron chi connectivity index (χ4n) is 2.16. The van der Waals surface area contributed by atoms with Crippen LogP contribution in [0.4, 0.5) is 0 Å². The summed E-state index contributed by atoms with van der Waals surface area (Å²) in [4.78, 5) is 28.8. The Kier molecular flexibility index (Phi) is 6.95. The molecule has 2 rings (SSSR count). The summed E-state index contributed by atoms with van der Waals surface area (Å²) in [7, 11) is 5.76. The Labute approximate surface area is 162 Å². The van der Waals surface area contributed by atoms with E-state index in [-0.39, 0.29) is 24.3 Å². The molecule has 0 aliphatic heterocycles. The van der Waals surface area contributed by atoms with Gasteiger partial charge in [-0.05, 0) is 25.5 Å². The van der Waals surface area contributed by atoms with Crippen molar-refractivity contribution in [1.29, 1.82) is 0 Å². The number of ether oxygens (including phenoxy) is 1. The van der Waals surface area contributed by atoms with Crippen LogP contribution in [0.25, 0.3) is 10.8 Å². The summed E-state index contributed by atoms with van der Waals surface area (Å²) < 4.78 is 6.26. The number of amides is 1. The van der Waals surface area contributed by atoms with E-state index in [4.69, 9.17) is 24.2 Å². The third-order valence-electron chi connectivity index (χ3n) is 3.60. The monoisotopic (exact) mass is 384 g/mol. The quantitative estimate of drug-likeness (QED) is 0.444. The Hall–Kier alpha value is -2.87. The predicted molar refractivity (Wildman–Crippen MR) is 108 cm³/mol. The lowest BCUT2D eigenvalue weighted by atomic mass is 9.94. The van der Waals surface area contributed by atoms with Gasteiger partial charge in [-0.25, -0.2) is 9.67 Å². The number of nitrogens with one attached hydrogen (secondary N) is 1. The van der Waals surface area contributed by atoms with Gasteiger partial charge in [0.1, 0.15) is 20.2 Å².